The summed E-state index contributed by atoms with van der Waals surface area (Å²) in [5.41, 5.74) is 5.37. The van der Waals surface area contributed by atoms with E-state index in [1.165, 1.54) is 4.90 Å². The molecule has 13 heavy (non-hydrogen) atoms. The third-order valence-corrected chi connectivity index (χ3v) is 2.21. The van der Waals surface area contributed by atoms with Gasteiger partial charge in [-0.15, -0.1) is 0 Å². The van der Waals surface area contributed by atoms with Crippen LogP contribution in [0.1, 0.15) is 13.8 Å². The first-order valence-corrected chi connectivity index (χ1v) is 4.24. The summed E-state index contributed by atoms with van der Waals surface area (Å²) in [5.74, 6) is -1.31. The number of hydrogen-bond donors (Lipinski definition) is 2. The fraction of sp³-hybridized carbons (Fsp3) is 0.750. The van der Waals surface area contributed by atoms with Crippen molar-refractivity contribution in [2.24, 2.45) is 11.7 Å². The number of hydrogen-bond acceptors (Lipinski definition) is 3. The van der Waals surface area contributed by atoms with Gasteiger partial charge in [-0.05, 0) is 5.92 Å². The van der Waals surface area contributed by atoms with Crippen molar-refractivity contribution in [3.8, 4) is 0 Å². The summed E-state index contributed by atoms with van der Waals surface area (Å²) in [5, 5.41) is 8.85. The molecule has 0 aromatic rings. The summed E-state index contributed by atoms with van der Waals surface area (Å²) in [6.45, 7) is 3.90. The van der Waals surface area contributed by atoms with Crippen LogP contribution in [-0.2, 0) is 9.59 Å². The molecule has 0 bridgehead atoms. The number of nitrogens with zero attached hydrogens (tertiary/aromatic N) is 1. The Morgan fingerprint density at radius 2 is 2.23 bits per heavy atom. The summed E-state index contributed by atoms with van der Waals surface area (Å²) < 4.78 is 0. The zero-order valence-electron chi connectivity index (χ0n) is 7.73. The number of carbonyl (C=O) groups excluding carboxylic acids is 1. The van der Waals surface area contributed by atoms with E-state index in [0.717, 1.165) is 0 Å². The Morgan fingerprint density at radius 1 is 1.69 bits per heavy atom. The summed E-state index contributed by atoms with van der Waals surface area (Å²) in [4.78, 5) is 23.3. The number of carbonyl (C=O) groups is 2. The molecule has 1 unspecified atom stereocenters. The topological polar surface area (TPSA) is 83.6 Å². The molecule has 0 aromatic carbocycles. The average molecular weight is 186 g/mol. The monoisotopic (exact) mass is 186 g/mol. The molecule has 0 radical (unpaired) electrons. The molecule has 2 atom stereocenters. The zero-order valence-corrected chi connectivity index (χ0v) is 7.73. The molecule has 1 heterocycles. The highest BCUT2D eigenvalue weighted by Gasteiger charge is 2.42. The van der Waals surface area contributed by atoms with Crippen LogP contribution < -0.4 is 5.73 Å². The van der Waals surface area contributed by atoms with Gasteiger partial charge < -0.3 is 15.7 Å². The van der Waals surface area contributed by atoms with Gasteiger partial charge in [0.05, 0.1) is 0 Å². The van der Waals surface area contributed by atoms with E-state index in [9.17, 15) is 9.59 Å². The van der Waals surface area contributed by atoms with Crippen LogP contribution in [0.2, 0.25) is 0 Å². The zero-order chi connectivity index (χ0) is 10.2. The van der Waals surface area contributed by atoms with Crippen molar-refractivity contribution in [2.75, 3.05) is 6.54 Å². The Hall–Kier alpha value is -1.10. The number of carboxylic acids is 1. The maximum absolute atomic E-state index is 11.1. The van der Waals surface area contributed by atoms with Crippen molar-refractivity contribution in [3.63, 3.8) is 0 Å². The first-order valence-electron chi connectivity index (χ1n) is 4.24. The van der Waals surface area contributed by atoms with Gasteiger partial charge in [0.1, 0.15) is 12.1 Å². The smallest absolute Gasteiger partial charge is 0.326 e. The molecule has 5 nitrogen and oxygen atoms in total. The van der Waals surface area contributed by atoms with Gasteiger partial charge in [-0.25, -0.2) is 4.79 Å². The number of amides is 1. The highest BCUT2D eigenvalue weighted by atomic mass is 16.4. The van der Waals surface area contributed by atoms with Gasteiger partial charge in [0, 0.05) is 6.54 Å². The van der Waals surface area contributed by atoms with Crippen molar-refractivity contribution in [1.29, 1.82) is 0 Å². The number of nitrogens with two attached hydrogens (primary N) is 1. The van der Waals surface area contributed by atoms with Crippen LogP contribution in [0.5, 0.6) is 0 Å². The quantitative estimate of drug-likeness (QED) is 0.569. The number of likely N-dealkylation sites (tertiary alicyclic amines) is 1. The molecule has 5 heteroatoms. The van der Waals surface area contributed by atoms with E-state index in [2.05, 4.69) is 0 Å². The Morgan fingerprint density at radius 3 is 2.46 bits per heavy atom. The van der Waals surface area contributed by atoms with Crippen molar-refractivity contribution < 1.29 is 14.7 Å². The van der Waals surface area contributed by atoms with Crippen LogP contribution in [0.4, 0.5) is 0 Å². The summed E-state index contributed by atoms with van der Waals surface area (Å²) >= 11 is 0. The molecule has 1 rings (SSSR count). The minimum atomic E-state index is -0.963. The molecular formula is C8H14N2O3. The summed E-state index contributed by atoms with van der Waals surface area (Å²) in [6.07, 6.45) is 0. The van der Waals surface area contributed by atoms with E-state index in [1.54, 1.807) is 13.8 Å². The van der Waals surface area contributed by atoms with Crippen LogP contribution in [0.25, 0.3) is 0 Å². The summed E-state index contributed by atoms with van der Waals surface area (Å²) in [6, 6.07) is -1.23. The van der Waals surface area contributed by atoms with Gasteiger partial charge in [0.2, 0.25) is 5.91 Å². The Bertz CT molecular complexity index is 240. The molecule has 1 aliphatic rings. The third-order valence-electron chi connectivity index (χ3n) is 2.21. The van der Waals surface area contributed by atoms with Crippen LogP contribution in [-0.4, -0.2) is 40.5 Å². The first-order chi connectivity index (χ1) is 5.95. The van der Waals surface area contributed by atoms with Crippen molar-refractivity contribution in [2.45, 2.75) is 25.9 Å². The molecule has 0 spiro atoms. The molecule has 0 aromatic heterocycles. The van der Waals surface area contributed by atoms with Crippen molar-refractivity contribution in [1.82, 2.24) is 4.90 Å². The molecule has 1 aliphatic heterocycles. The SMILES string of the molecule is CC(C)C(C(=O)O)N1C[C@H](N)C1=O. The molecule has 1 saturated heterocycles. The molecule has 74 valence electrons. The van der Waals surface area contributed by atoms with E-state index in [1.807, 2.05) is 0 Å². The number of aliphatic carboxylic acids is 1. The van der Waals surface area contributed by atoms with E-state index in [-0.39, 0.29) is 11.8 Å². The second-order valence-corrected chi connectivity index (χ2v) is 3.62. The third kappa shape index (κ3) is 1.65. The predicted octanol–water partition coefficient (Wildman–Crippen LogP) is -0.735. The molecular weight excluding hydrogens is 172 g/mol. The van der Waals surface area contributed by atoms with Crippen LogP contribution in [0.3, 0.4) is 0 Å². The standard InChI is InChI=1S/C8H14N2O3/c1-4(2)6(8(12)13)10-3-5(9)7(10)11/h4-6H,3,9H2,1-2H3,(H,12,13)/t5-,6?/m0/s1. The number of carboxylic acid groups (broad SMARTS) is 1. The van der Waals surface area contributed by atoms with Crippen molar-refractivity contribution in [3.05, 3.63) is 0 Å². The second-order valence-electron chi connectivity index (χ2n) is 3.62. The van der Waals surface area contributed by atoms with Gasteiger partial charge in [-0.3, -0.25) is 4.79 Å². The lowest BCUT2D eigenvalue weighted by Gasteiger charge is -2.41. The Balaban J connectivity index is 2.68. The van der Waals surface area contributed by atoms with Gasteiger partial charge in [0.25, 0.3) is 0 Å². The average Bonchev–Trinajstić information content (AvgIpc) is 2.02. The van der Waals surface area contributed by atoms with Crippen LogP contribution >= 0.6 is 0 Å². The fourth-order valence-electron chi connectivity index (χ4n) is 1.51. The molecule has 1 amide bonds. The van der Waals surface area contributed by atoms with Gasteiger partial charge in [0.15, 0.2) is 0 Å². The lowest BCUT2D eigenvalue weighted by atomic mass is 9.97. The normalized spacial score (nSPS) is 24.5. The molecule has 1 fully saturated rings. The molecule has 0 aliphatic carbocycles. The fourth-order valence-corrected chi connectivity index (χ4v) is 1.51. The highest BCUT2D eigenvalue weighted by molar-refractivity contribution is 5.92. The number of β-lactam (4-membered cyclic amide) rings is 1. The van der Waals surface area contributed by atoms with Crippen molar-refractivity contribution >= 4 is 11.9 Å². The Kier molecular flexibility index (Phi) is 2.56. The number of rotatable bonds is 3. The van der Waals surface area contributed by atoms with Gasteiger partial charge in [-0.1, -0.05) is 13.8 Å². The van der Waals surface area contributed by atoms with Crippen LogP contribution in [0, 0.1) is 5.92 Å². The minimum absolute atomic E-state index is 0.0889. The maximum Gasteiger partial charge on any atom is 0.326 e. The maximum atomic E-state index is 11.1. The van der Waals surface area contributed by atoms with E-state index < -0.39 is 18.1 Å². The van der Waals surface area contributed by atoms with E-state index in [0.29, 0.717) is 6.54 Å². The first kappa shape index (κ1) is 9.98. The highest BCUT2D eigenvalue weighted by Crippen LogP contribution is 2.18. The van der Waals surface area contributed by atoms with Gasteiger partial charge in [-0.2, -0.15) is 0 Å². The van der Waals surface area contributed by atoms with Gasteiger partial charge >= 0.3 is 5.97 Å². The second kappa shape index (κ2) is 3.33. The largest absolute Gasteiger partial charge is 0.480 e. The summed E-state index contributed by atoms with van der Waals surface area (Å²) in [7, 11) is 0. The molecule has 3 N–H and O–H groups in total. The minimum Gasteiger partial charge on any atom is -0.480 e. The van der Waals surface area contributed by atoms with E-state index >= 15 is 0 Å². The molecule has 0 saturated carbocycles. The Labute approximate surface area is 76.5 Å². The lowest BCUT2D eigenvalue weighted by molar-refractivity contribution is -0.160. The lowest BCUT2D eigenvalue weighted by Crippen LogP contribution is -2.66. The predicted molar refractivity (Wildman–Crippen MR) is 46.0 cm³/mol. The van der Waals surface area contributed by atoms with Crippen LogP contribution in [0.15, 0.2) is 0 Å². The van der Waals surface area contributed by atoms with E-state index in [4.69, 9.17) is 10.8 Å².